The number of aryl methyl sites for hydroxylation is 3. The zero-order chi connectivity index (χ0) is 17.1. The van der Waals surface area contributed by atoms with E-state index in [0.29, 0.717) is 11.9 Å². The average molecular weight is 337 g/mol. The molecule has 0 aliphatic rings. The van der Waals surface area contributed by atoms with E-state index in [1.807, 2.05) is 4.57 Å². The van der Waals surface area contributed by atoms with Gasteiger partial charge in [0.25, 0.3) is 0 Å². The molecule has 5 nitrogen and oxygen atoms in total. The Morgan fingerprint density at radius 1 is 1.38 bits per heavy atom. The van der Waals surface area contributed by atoms with Crippen molar-refractivity contribution in [1.29, 1.82) is 5.41 Å². The Bertz CT molecular complexity index is 977. The number of H-pyrrole nitrogens is 1. The third-order valence-corrected chi connectivity index (χ3v) is 4.81. The van der Waals surface area contributed by atoms with Crippen LogP contribution in [0.3, 0.4) is 0 Å². The molecule has 3 rings (SSSR count). The first-order valence-electron chi connectivity index (χ1n) is 7.77. The molecule has 0 fully saturated rings. The summed E-state index contributed by atoms with van der Waals surface area (Å²) in [6.07, 6.45) is 8.55. The fourth-order valence-corrected chi connectivity index (χ4v) is 3.41. The van der Waals surface area contributed by atoms with E-state index in [9.17, 15) is 0 Å². The van der Waals surface area contributed by atoms with Crippen LogP contribution in [0.1, 0.15) is 24.0 Å². The fourth-order valence-electron chi connectivity index (χ4n) is 2.45. The molecule has 0 aliphatic heterocycles. The Morgan fingerprint density at radius 2 is 2.21 bits per heavy atom. The first-order chi connectivity index (χ1) is 11.6. The van der Waals surface area contributed by atoms with E-state index in [-0.39, 0.29) is 5.49 Å². The standard InChI is InChI=1S/C18H19N5S/c1-4-5-6-9-23-11-20-16(19)15-17(23)22-18(21-15)24-14-10-12(2)7-8-13(14)3/h1,7-8,10-11,19H,5-6,9H2,2-3H3,(H,21,22). The number of benzene rings is 1. The number of rotatable bonds is 5. The monoisotopic (exact) mass is 337 g/mol. The molecule has 6 heteroatoms. The molecule has 0 saturated heterocycles. The minimum atomic E-state index is 0.207. The lowest BCUT2D eigenvalue weighted by molar-refractivity contribution is 0.653. The van der Waals surface area contributed by atoms with E-state index >= 15 is 0 Å². The van der Waals surface area contributed by atoms with Gasteiger partial charge in [0.05, 0.1) is 6.33 Å². The van der Waals surface area contributed by atoms with Crippen LogP contribution in [0.15, 0.2) is 34.6 Å². The molecular weight excluding hydrogens is 318 g/mol. The molecule has 24 heavy (non-hydrogen) atoms. The number of aromatic nitrogens is 4. The number of hydrogen-bond acceptors (Lipinski definition) is 4. The van der Waals surface area contributed by atoms with Crippen molar-refractivity contribution in [2.75, 3.05) is 0 Å². The van der Waals surface area contributed by atoms with Gasteiger partial charge in [-0.3, -0.25) is 5.41 Å². The molecule has 122 valence electrons. The summed E-state index contributed by atoms with van der Waals surface area (Å²) in [7, 11) is 0. The molecule has 2 heterocycles. The highest BCUT2D eigenvalue weighted by Gasteiger charge is 2.11. The number of nitrogens with one attached hydrogen (secondary N) is 2. The van der Waals surface area contributed by atoms with E-state index < -0.39 is 0 Å². The van der Waals surface area contributed by atoms with Crippen LogP contribution in [0.4, 0.5) is 0 Å². The lowest BCUT2D eigenvalue weighted by Gasteiger charge is -2.05. The van der Waals surface area contributed by atoms with Gasteiger partial charge in [0, 0.05) is 17.9 Å². The van der Waals surface area contributed by atoms with E-state index in [1.54, 1.807) is 18.1 Å². The van der Waals surface area contributed by atoms with Crippen molar-refractivity contribution < 1.29 is 0 Å². The minimum Gasteiger partial charge on any atom is -0.328 e. The number of aromatic amines is 1. The molecule has 1 aromatic carbocycles. The maximum absolute atomic E-state index is 8.01. The van der Waals surface area contributed by atoms with Crippen LogP contribution in [-0.4, -0.2) is 19.5 Å². The number of imidazole rings is 1. The molecule has 0 saturated carbocycles. The number of hydrogen-bond donors (Lipinski definition) is 2. The maximum atomic E-state index is 8.01. The van der Waals surface area contributed by atoms with Crippen LogP contribution in [0.5, 0.6) is 0 Å². The fraction of sp³-hybridized carbons (Fsp3) is 0.278. The van der Waals surface area contributed by atoms with Crippen LogP contribution in [0.25, 0.3) is 11.2 Å². The zero-order valence-corrected chi connectivity index (χ0v) is 14.6. The predicted octanol–water partition coefficient (Wildman–Crippen LogP) is 3.42. The smallest absolute Gasteiger partial charge is 0.173 e. The van der Waals surface area contributed by atoms with E-state index in [1.165, 1.54) is 11.1 Å². The number of fused-ring (bicyclic) bond motifs is 1. The van der Waals surface area contributed by atoms with Crippen LogP contribution in [-0.2, 0) is 6.54 Å². The minimum absolute atomic E-state index is 0.207. The molecule has 0 aliphatic carbocycles. The highest BCUT2D eigenvalue weighted by molar-refractivity contribution is 7.99. The lowest BCUT2D eigenvalue weighted by atomic mass is 10.2. The summed E-state index contributed by atoms with van der Waals surface area (Å²) in [5.41, 5.74) is 4.04. The number of terminal acetylenes is 1. The molecular formula is C18H19N5S. The quantitative estimate of drug-likeness (QED) is 0.553. The van der Waals surface area contributed by atoms with Crippen LogP contribution in [0, 0.1) is 31.6 Å². The van der Waals surface area contributed by atoms with Crippen LogP contribution < -0.4 is 5.49 Å². The van der Waals surface area contributed by atoms with Crippen LogP contribution in [0.2, 0.25) is 0 Å². The molecule has 3 aromatic rings. The summed E-state index contributed by atoms with van der Waals surface area (Å²) < 4.78 is 1.95. The highest BCUT2D eigenvalue weighted by atomic mass is 32.2. The summed E-state index contributed by atoms with van der Waals surface area (Å²) in [6.45, 7) is 4.90. The van der Waals surface area contributed by atoms with Gasteiger partial charge in [0.2, 0.25) is 0 Å². The van der Waals surface area contributed by atoms with Crippen molar-refractivity contribution in [2.45, 2.75) is 43.3 Å². The van der Waals surface area contributed by atoms with E-state index in [0.717, 1.165) is 28.7 Å². The largest absolute Gasteiger partial charge is 0.328 e. The lowest BCUT2D eigenvalue weighted by Crippen LogP contribution is -2.12. The first-order valence-corrected chi connectivity index (χ1v) is 8.58. The SMILES string of the molecule is C#CCCCn1cnc(=N)c2[nH]c(Sc3cc(C)ccc3C)nc21. The Balaban J connectivity index is 1.97. The van der Waals surface area contributed by atoms with Crippen LogP contribution >= 0.6 is 11.8 Å². The molecule has 0 spiro atoms. The number of nitrogens with zero attached hydrogens (tertiary/aromatic N) is 3. The van der Waals surface area contributed by atoms with Gasteiger partial charge in [-0.1, -0.05) is 23.9 Å². The highest BCUT2D eigenvalue weighted by Crippen LogP contribution is 2.29. The van der Waals surface area contributed by atoms with Crippen molar-refractivity contribution in [3.8, 4) is 12.3 Å². The third kappa shape index (κ3) is 3.36. The van der Waals surface area contributed by atoms with E-state index in [2.05, 4.69) is 52.9 Å². The van der Waals surface area contributed by atoms with Crippen molar-refractivity contribution in [3.63, 3.8) is 0 Å². The number of unbranched alkanes of at least 4 members (excludes halogenated alkanes) is 1. The first kappa shape index (κ1) is 16.3. The molecule has 2 aromatic heterocycles. The molecule has 2 N–H and O–H groups in total. The molecule has 0 atom stereocenters. The second-order valence-electron chi connectivity index (χ2n) is 5.71. The van der Waals surface area contributed by atoms with Crippen molar-refractivity contribution in [1.82, 2.24) is 19.5 Å². The van der Waals surface area contributed by atoms with Gasteiger partial charge in [-0.2, -0.15) is 0 Å². The van der Waals surface area contributed by atoms with E-state index in [4.69, 9.17) is 11.8 Å². The van der Waals surface area contributed by atoms with Gasteiger partial charge in [-0.25, -0.2) is 9.97 Å². The Labute approximate surface area is 145 Å². The van der Waals surface area contributed by atoms with Crippen molar-refractivity contribution >= 4 is 22.9 Å². The third-order valence-electron chi connectivity index (χ3n) is 3.77. The second-order valence-corrected chi connectivity index (χ2v) is 6.74. The summed E-state index contributed by atoms with van der Waals surface area (Å²) in [6, 6.07) is 6.36. The summed E-state index contributed by atoms with van der Waals surface area (Å²) in [5.74, 6) is 2.64. The van der Waals surface area contributed by atoms with Gasteiger partial charge in [0.15, 0.2) is 16.3 Å². The Hall–Kier alpha value is -2.52. The zero-order valence-electron chi connectivity index (χ0n) is 13.8. The Morgan fingerprint density at radius 3 is 3.00 bits per heavy atom. The van der Waals surface area contributed by atoms with Gasteiger partial charge in [-0.15, -0.1) is 12.3 Å². The normalized spacial score (nSPS) is 10.9. The summed E-state index contributed by atoms with van der Waals surface area (Å²) in [4.78, 5) is 13.2. The van der Waals surface area contributed by atoms with Gasteiger partial charge < -0.3 is 9.55 Å². The maximum Gasteiger partial charge on any atom is 0.173 e. The van der Waals surface area contributed by atoms with Crippen molar-refractivity contribution in [3.05, 3.63) is 41.1 Å². The molecule has 0 radical (unpaired) electrons. The summed E-state index contributed by atoms with van der Waals surface area (Å²) >= 11 is 1.58. The van der Waals surface area contributed by atoms with Gasteiger partial charge in [-0.05, 0) is 37.5 Å². The Kier molecular flexibility index (Phi) is 4.72. The predicted molar refractivity (Wildman–Crippen MR) is 95.8 cm³/mol. The average Bonchev–Trinajstić information content (AvgIpc) is 2.98. The molecule has 0 bridgehead atoms. The van der Waals surface area contributed by atoms with Gasteiger partial charge >= 0.3 is 0 Å². The second kappa shape index (κ2) is 6.93. The molecule has 0 unspecified atom stereocenters. The van der Waals surface area contributed by atoms with Crippen molar-refractivity contribution in [2.24, 2.45) is 0 Å². The van der Waals surface area contributed by atoms with Gasteiger partial charge in [0.1, 0.15) is 5.52 Å². The summed E-state index contributed by atoms with van der Waals surface area (Å²) in [5, 5.41) is 8.78. The topological polar surface area (TPSA) is 70.3 Å². The molecule has 0 amide bonds.